The Kier molecular flexibility index (Phi) is 9.33. The topological polar surface area (TPSA) is 80.0 Å². The summed E-state index contributed by atoms with van der Waals surface area (Å²) in [5.41, 5.74) is 0.164. The molecule has 33 heavy (non-hydrogen) atoms. The zero-order chi connectivity index (χ0) is 22.7. The Morgan fingerprint density at radius 2 is 1.79 bits per heavy atom. The van der Waals surface area contributed by atoms with Gasteiger partial charge >= 0.3 is 23.0 Å². The van der Waals surface area contributed by atoms with Gasteiger partial charge in [-0.05, 0) is 76.8 Å². The first-order chi connectivity index (χ1) is 15.5. The SMILES string of the molecule is C=CCOC(=O)C1=C(c2ccc([C]3[CH][CH][CH][CH]3)o2)S[C@@H]2[C@@H]([C@@H](C)O)C(=O)N12.[CH]1[CH][CH][CH][CH]1.[Fe+2]. The maximum Gasteiger partial charge on any atom is 2.00 e. The van der Waals surface area contributed by atoms with Gasteiger partial charge in [0.25, 0.3) is 0 Å². The van der Waals surface area contributed by atoms with Crippen LogP contribution in [0.15, 0.2) is 34.9 Å². The van der Waals surface area contributed by atoms with E-state index in [1.54, 1.807) is 13.0 Å². The predicted octanol–water partition coefficient (Wildman–Crippen LogP) is 3.36. The van der Waals surface area contributed by atoms with Crippen molar-refractivity contribution in [3.05, 3.63) is 106 Å². The number of hydrogen-bond donors (Lipinski definition) is 1. The Labute approximate surface area is 210 Å². The van der Waals surface area contributed by atoms with E-state index >= 15 is 0 Å². The molecule has 6 nitrogen and oxygen atoms in total. The van der Waals surface area contributed by atoms with Gasteiger partial charge in [0.1, 0.15) is 29.2 Å². The van der Waals surface area contributed by atoms with Crippen LogP contribution in [0, 0.1) is 69.6 Å². The van der Waals surface area contributed by atoms with Gasteiger partial charge in [0.2, 0.25) is 5.91 Å². The van der Waals surface area contributed by atoms with Crippen LogP contribution >= 0.6 is 11.8 Å². The van der Waals surface area contributed by atoms with E-state index in [9.17, 15) is 14.7 Å². The van der Waals surface area contributed by atoms with E-state index in [-0.39, 0.29) is 40.7 Å². The van der Waals surface area contributed by atoms with E-state index in [1.807, 2.05) is 63.9 Å². The number of β-lactam (4-membered cyclic amide) rings is 1. The first kappa shape index (κ1) is 26.1. The molecular formula is C25H23FeNO5S+2. The number of rotatable bonds is 6. The average Bonchev–Trinajstić information content (AvgIpc) is 3.56. The van der Waals surface area contributed by atoms with Crippen molar-refractivity contribution in [1.29, 1.82) is 0 Å². The molecule has 3 heterocycles. The molecule has 170 valence electrons. The van der Waals surface area contributed by atoms with Gasteiger partial charge in [-0.3, -0.25) is 9.69 Å². The fraction of sp³-hybridized carbons (Fsp3) is 0.200. The average molecular weight is 505 g/mol. The van der Waals surface area contributed by atoms with Crippen molar-refractivity contribution in [2.45, 2.75) is 18.4 Å². The van der Waals surface area contributed by atoms with Crippen molar-refractivity contribution < 1.29 is 40.9 Å². The number of esters is 1. The summed E-state index contributed by atoms with van der Waals surface area (Å²) in [6.45, 7) is 5.16. The summed E-state index contributed by atoms with van der Waals surface area (Å²) in [6.07, 6.45) is 18.4. The molecule has 5 rings (SSSR count). The van der Waals surface area contributed by atoms with Crippen LogP contribution in [0.2, 0.25) is 0 Å². The smallest absolute Gasteiger partial charge is 0.460 e. The van der Waals surface area contributed by atoms with Crippen LogP contribution < -0.4 is 0 Å². The Hall–Kier alpha value is -1.47. The molecule has 0 unspecified atom stereocenters. The summed E-state index contributed by atoms with van der Waals surface area (Å²) in [7, 11) is 0. The minimum absolute atomic E-state index is 0. The van der Waals surface area contributed by atoms with Crippen LogP contribution in [0.4, 0.5) is 0 Å². The number of fused-ring (bicyclic) bond motifs is 1. The molecule has 10 radical (unpaired) electrons. The van der Waals surface area contributed by atoms with Crippen molar-refractivity contribution in [3.63, 3.8) is 0 Å². The second kappa shape index (κ2) is 11.8. The molecule has 2 aliphatic carbocycles. The van der Waals surface area contributed by atoms with Crippen molar-refractivity contribution in [3.8, 4) is 0 Å². The third-order valence-electron chi connectivity index (χ3n) is 5.16. The minimum atomic E-state index is -0.799. The van der Waals surface area contributed by atoms with Crippen LogP contribution in [0.5, 0.6) is 0 Å². The molecule has 3 fully saturated rings. The van der Waals surface area contributed by atoms with Crippen molar-refractivity contribution in [2.75, 3.05) is 6.61 Å². The zero-order valence-electron chi connectivity index (χ0n) is 17.9. The number of hydrogen-bond acceptors (Lipinski definition) is 6. The summed E-state index contributed by atoms with van der Waals surface area (Å²) in [5, 5.41) is 9.57. The summed E-state index contributed by atoms with van der Waals surface area (Å²) in [4.78, 5) is 27.0. The summed E-state index contributed by atoms with van der Waals surface area (Å²) in [5.74, 6) is 0.651. The summed E-state index contributed by atoms with van der Waals surface area (Å²) in [6, 6.07) is 3.60. The van der Waals surface area contributed by atoms with Gasteiger partial charge in [-0.25, -0.2) is 4.79 Å². The van der Waals surface area contributed by atoms with Crippen LogP contribution in [0.3, 0.4) is 0 Å². The van der Waals surface area contributed by atoms with Gasteiger partial charge in [-0.15, -0.1) is 0 Å². The molecule has 1 aromatic rings. The van der Waals surface area contributed by atoms with E-state index in [0.717, 1.165) is 5.92 Å². The van der Waals surface area contributed by atoms with Crippen LogP contribution in [-0.2, 0) is 31.4 Å². The van der Waals surface area contributed by atoms with E-state index in [4.69, 9.17) is 9.15 Å². The van der Waals surface area contributed by atoms with Gasteiger partial charge in [0.05, 0.1) is 16.9 Å². The third-order valence-corrected chi connectivity index (χ3v) is 6.53. The number of nitrogens with zero attached hydrogens (tertiary/aromatic N) is 1. The van der Waals surface area contributed by atoms with Gasteiger partial charge in [-0.2, -0.15) is 0 Å². The molecule has 3 atom stereocenters. The predicted molar refractivity (Wildman–Crippen MR) is 121 cm³/mol. The monoisotopic (exact) mass is 505 g/mol. The van der Waals surface area contributed by atoms with Crippen molar-refractivity contribution >= 4 is 28.5 Å². The molecule has 2 aliphatic heterocycles. The molecule has 0 bridgehead atoms. The first-order valence-electron chi connectivity index (χ1n) is 10.2. The molecular weight excluding hydrogens is 482 g/mol. The molecule has 1 saturated heterocycles. The molecule has 8 heteroatoms. The van der Waals surface area contributed by atoms with Gasteiger partial charge < -0.3 is 14.3 Å². The normalized spacial score (nSPS) is 25.0. The van der Waals surface area contributed by atoms with E-state index < -0.39 is 18.0 Å². The van der Waals surface area contributed by atoms with Crippen molar-refractivity contribution in [1.82, 2.24) is 4.90 Å². The number of thioether (sulfide) groups is 1. The fourth-order valence-electron chi connectivity index (χ4n) is 3.62. The van der Waals surface area contributed by atoms with Gasteiger partial charge in [-0.1, -0.05) is 24.4 Å². The van der Waals surface area contributed by atoms with E-state index in [1.165, 1.54) is 22.7 Å². The second-order valence-corrected chi connectivity index (χ2v) is 8.47. The van der Waals surface area contributed by atoms with E-state index in [2.05, 4.69) is 6.58 Å². The first-order valence-corrected chi connectivity index (χ1v) is 11.1. The van der Waals surface area contributed by atoms with Crippen LogP contribution in [-0.4, -0.2) is 40.0 Å². The molecule has 1 N–H and O–H groups in total. The molecule has 0 spiro atoms. The molecule has 1 amide bonds. The molecule has 0 aromatic carbocycles. The Balaban J connectivity index is 0.000000453. The maximum atomic E-state index is 12.6. The zero-order valence-corrected chi connectivity index (χ0v) is 19.8. The number of aliphatic hydroxyl groups excluding tert-OH is 1. The number of aliphatic hydroxyl groups is 1. The largest absolute Gasteiger partial charge is 2.00 e. The number of amides is 1. The second-order valence-electron chi connectivity index (χ2n) is 7.35. The minimum Gasteiger partial charge on any atom is -0.460 e. The van der Waals surface area contributed by atoms with Crippen LogP contribution in [0.25, 0.3) is 4.91 Å². The number of carbonyl (C=O) groups is 2. The molecule has 2 saturated carbocycles. The molecule has 1 aromatic heterocycles. The number of ether oxygens (including phenoxy) is 1. The van der Waals surface area contributed by atoms with E-state index in [0.29, 0.717) is 16.4 Å². The standard InChI is InChI=1S/C20H18NO5S.C5H5.Fe/c1-3-10-25-20(24)16-17(27-19-15(11(2)22)18(23)21(16)19)14-9-8-13(26-14)12-6-4-5-7-12;1-2-4-5-3-1;/h3-9,11,15,19,22H,1,10H2,2H3;1-5H;/q;;+2/t11-,15+,19-;;/m1../s1. The Morgan fingerprint density at radius 3 is 2.36 bits per heavy atom. The Bertz CT molecular complexity index is 878. The number of carbonyl (C=O) groups excluding carboxylic acids is 2. The van der Waals surface area contributed by atoms with Crippen molar-refractivity contribution in [2.24, 2.45) is 5.92 Å². The number of furan rings is 1. The van der Waals surface area contributed by atoms with Crippen LogP contribution in [0.1, 0.15) is 18.4 Å². The molecule has 4 aliphatic rings. The maximum absolute atomic E-state index is 12.6. The van der Waals surface area contributed by atoms with Gasteiger partial charge in [0, 0.05) is 5.92 Å². The van der Waals surface area contributed by atoms with Gasteiger partial charge in [0.15, 0.2) is 0 Å². The fourth-order valence-corrected chi connectivity index (χ4v) is 5.19. The Morgan fingerprint density at radius 1 is 1.18 bits per heavy atom. The summed E-state index contributed by atoms with van der Waals surface area (Å²) < 4.78 is 11.1. The third kappa shape index (κ3) is 5.45. The summed E-state index contributed by atoms with van der Waals surface area (Å²) >= 11 is 1.34. The quantitative estimate of drug-likeness (QED) is 0.277.